The maximum Gasteiger partial charge on any atom is 0.275 e. The van der Waals surface area contributed by atoms with Gasteiger partial charge >= 0.3 is 0 Å². The minimum Gasteiger partial charge on any atom is -0.496 e. The molecule has 0 aliphatic carbocycles. The van der Waals surface area contributed by atoms with E-state index >= 15 is 0 Å². The smallest absolute Gasteiger partial charge is 0.275 e. The second kappa shape index (κ2) is 9.23. The standard InChI is InChI=1S/C21H28N2O2/c1-16-9-10-20(25-4)19(13-16)14-23(3)15-21(24)22-12-11-18-8-6-5-7-17(18)2/h5-10,13H,11-12,14-15H2,1-4H3,(H,22,24)/p+1. The lowest BCUT2D eigenvalue weighted by Gasteiger charge is -2.16. The van der Waals surface area contributed by atoms with Crippen LogP contribution in [0.25, 0.3) is 0 Å². The van der Waals surface area contributed by atoms with Crippen LogP contribution in [-0.2, 0) is 17.8 Å². The first-order chi connectivity index (χ1) is 12.0. The van der Waals surface area contributed by atoms with Crippen LogP contribution in [0.3, 0.4) is 0 Å². The van der Waals surface area contributed by atoms with Crippen LogP contribution in [0, 0.1) is 13.8 Å². The molecule has 0 aliphatic rings. The maximum atomic E-state index is 12.2. The number of methoxy groups -OCH3 is 1. The number of rotatable bonds is 8. The molecule has 4 heteroatoms. The number of hydrogen-bond donors (Lipinski definition) is 2. The van der Waals surface area contributed by atoms with E-state index in [4.69, 9.17) is 4.74 Å². The second-order valence-electron chi connectivity index (χ2n) is 6.65. The normalized spacial score (nSPS) is 11.8. The second-order valence-corrected chi connectivity index (χ2v) is 6.65. The van der Waals surface area contributed by atoms with Crippen LogP contribution in [0.2, 0.25) is 0 Å². The highest BCUT2D eigenvalue weighted by Gasteiger charge is 2.13. The first-order valence-electron chi connectivity index (χ1n) is 8.75. The molecule has 2 N–H and O–H groups in total. The lowest BCUT2D eigenvalue weighted by Crippen LogP contribution is -3.08. The number of benzene rings is 2. The molecule has 2 rings (SSSR count). The number of aryl methyl sites for hydroxylation is 2. The molecule has 1 unspecified atom stereocenters. The highest BCUT2D eigenvalue weighted by molar-refractivity contribution is 5.76. The molecule has 0 saturated carbocycles. The van der Waals surface area contributed by atoms with Gasteiger partial charge in [0.15, 0.2) is 6.54 Å². The number of carbonyl (C=O) groups is 1. The summed E-state index contributed by atoms with van der Waals surface area (Å²) < 4.78 is 5.42. The third-order valence-electron chi connectivity index (χ3n) is 4.37. The summed E-state index contributed by atoms with van der Waals surface area (Å²) in [5, 5.41) is 3.02. The van der Waals surface area contributed by atoms with Gasteiger partial charge in [-0.05, 0) is 43.5 Å². The summed E-state index contributed by atoms with van der Waals surface area (Å²) in [6.07, 6.45) is 0.864. The fourth-order valence-electron chi connectivity index (χ4n) is 3.00. The number of likely N-dealkylation sites (N-methyl/N-ethyl adjacent to an activating group) is 1. The number of hydrogen-bond acceptors (Lipinski definition) is 2. The molecule has 1 atom stereocenters. The van der Waals surface area contributed by atoms with Crippen molar-refractivity contribution in [3.05, 3.63) is 64.7 Å². The summed E-state index contributed by atoms with van der Waals surface area (Å²) in [7, 11) is 3.71. The Morgan fingerprint density at radius 2 is 1.88 bits per heavy atom. The Morgan fingerprint density at radius 1 is 1.12 bits per heavy atom. The SMILES string of the molecule is COc1ccc(C)cc1C[NH+](C)CC(=O)NCCc1ccccc1C. The van der Waals surface area contributed by atoms with Crippen molar-refractivity contribution in [2.24, 2.45) is 0 Å². The van der Waals surface area contributed by atoms with Crippen LogP contribution in [0.5, 0.6) is 5.75 Å². The molecule has 0 bridgehead atoms. The van der Waals surface area contributed by atoms with E-state index in [1.165, 1.54) is 16.7 Å². The molecule has 4 nitrogen and oxygen atoms in total. The zero-order valence-corrected chi connectivity index (χ0v) is 15.7. The van der Waals surface area contributed by atoms with Crippen molar-refractivity contribution in [1.82, 2.24) is 5.32 Å². The highest BCUT2D eigenvalue weighted by Crippen LogP contribution is 2.18. The molecule has 0 aliphatic heterocycles. The van der Waals surface area contributed by atoms with Crippen molar-refractivity contribution < 1.29 is 14.4 Å². The van der Waals surface area contributed by atoms with Gasteiger partial charge in [0.25, 0.3) is 5.91 Å². The summed E-state index contributed by atoms with van der Waals surface area (Å²) in [6.45, 7) is 6.05. The van der Waals surface area contributed by atoms with Crippen LogP contribution < -0.4 is 15.0 Å². The maximum absolute atomic E-state index is 12.2. The van der Waals surface area contributed by atoms with Crippen molar-refractivity contribution >= 4 is 5.91 Å². The van der Waals surface area contributed by atoms with Crippen LogP contribution in [-0.4, -0.2) is 33.2 Å². The van der Waals surface area contributed by atoms with Crippen molar-refractivity contribution in [2.75, 3.05) is 27.2 Å². The largest absolute Gasteiger partial charge is 0.496 e. The molecule has 0 fully saturated rings. The summed E-state index contributed by atoms with van der Waals surface area (Å²) in [6, 6.07) is 14.4. The summed E-state index contributed by atoms with van der Waals surface area (Å²) >= 11 is 0. The lowest BCUT2D eigenvalue weighted by atomic mass is 10.1. The van der Waals surface area contributed by atoms with Gasteiger partial charge in [-0.1, -0.05) is 35.9 Å². The van der Waals surface area contributed by atoms with Crippen LogP contribution in [0.15, 0.2) is 42.5 Å². The van der Waals surface area contributed by atoms with E-state index in [0.717, 1.165) is 29.2 Å². The Kier molecular flexibility index (Phi) is 7.02. The minimum atomic E-state index is 0.0812. The van der Waals surface area contributed by atoms with Crippen LogP contribution >= 0.6 is 0 Å². The molecule has 134 valence electrons. The fourth-order valence-corrected chi connectivity index (χ4v) is 3.00. The first-order valence-corrected chi connectivity index (χ1v) is 8.75. The van der Waals surface area contributed by atoms with Gasteiger partial charge in [-0.3, -0.25) is 4.79 Å². The van der Waals surface area contributed by atoms with E-state index < -0.39 is 0 Å². The molecule has 0 saturated heterocycles. The van der Waals surface area contributed by atoms with Crippen LogP contribution in [0.4, 0.5) is 0 Å². The molecule has 2 aromatic rings. The van der Waals surface area contributed by atoms with Gasteiger partial charge < -0.3 is 15.0 Å². The summed E-state index contributed by atoms with van der Waals surface area (Å²) in [4.78, 5) is 13.3. The first kappa shape index (κ1) is 19.0. The van der Waals surface area contributed by atoms with E-state index in [9.17, 15) is 4.79 Å². The third kappa shape index (κ3) is 5.91. The van der Waals surface area contributed by atoms with E-state index in [0.29, 0.717) is 13.1 Å². The minimum absolute atomic E-state index is 0.0812. The average molecular weight is 341 g/mol. The Labute approximate surface area is 150 Å². The number of quaternary nitrogens is 1. The van der Waals surface area contributed by atoms with E-state index in [1.807, 2.05) is 31.3 Å². The van der Waals surface area contributed by atoms with Gasteiger partial charge in [-0.25, -0.2) is 0 Å². The molecule has 0 spiro atoms. The molecule has 0 heterocycles. The Bertz CT molecular complexity index is 713. The van der Waals surface area contributed by atoms with E-state index in [2.05, 4.69) is 37.4 Å². The van der Waals surface area contributed by atoms with E-state index in [-0.39, 0.29) is 5.91 Å². The molecule has 1 amide bonds. The van der Waals surface area contributed by atoms with Gasteiger partial charge in [0, 0.05) is 12.1 Å². The topological polar surface area (TPSA) is 42.8 Å². The Balaban J connectivity index is 1.80. The third-order valence-corrected chi connectivity index (χ3v) is 4.37. The zero-order chi connectivity index (χ0) is 18.2. The molecular formula is C21H29N2O2+. The quantitative estimate of drug-likeness (QED) is 0.767. The molecule has 25 heavy (non-hydrogen) atoms. The van der Waals surface area contributed by atoms with E-state index in [1.54, 1.807) is 7.11 Å². The van der Waals surface area contributed by atoms with Crippen molar-refractivity contribution in [1.29, 1.82) is 0 Å². The number of nitrogens with one attached hydrogen (secondary N) is 2. The van der Waals surface area contributed by atoms with Gasteiger partial charge in [-0.15, -0.1) is 0 Å². The fraction of sp³-hybridized carbons (Fsp3) is 0.381. The lowest BCUT2D eigenvalue weighted by molar-refractivity contribution is -0.885. The van der Waals surface area contributed by atoms with Crippen molar-refractivity contribution in [3.63, 3.8) is 0 Å². The van der Waals surface area contributed by atoms with Crippen LogP contribution in [0.1, 0.15) is 22.3 Å². The average Bonchev–Trinajstić information content (AvgIpc) is 2.56. The molecular weight excluding hydrogens is 312 g/mol. The Hall–Kier alpha value is -2.33. The van der Waals surface area contributed by atoms with Gasteiger partial charge in [0.2, 0.25) is 0 Å². The predicted molar refractivity (Wildman–Crippen MR) is 101 cm³/mol. The van der Waals surface area contributed by atoms with Crippen molar-refractivity contribution in [3.8, 4) is 5.75 Å². The number of amides is 1. The van der Waals surface area contributed by atoms with Gasteiger partial charge in [0.1, 0.15) is 12.3 Å². The zero-order valence-electron chi connectivity index (χ0n) is 15.7. The predicted octanol–water partition coefficient (Wildman–Crippen LogP) is 1.69. The summed E-state index contributed by atoms with van der Waals surface area (Å²) in [5.41, 5.74) is 4.89. The number of ether oxygens (including phenoxy) is 1. The van der Waals surface area contributed by atoms with Gasteiger partial charge in [-0.2, -0.15) is 0 Å². The molecule has 0 aromatic heterocycles. The highest BCUT2D eigenvalue weighted by atomic mass is 16.5. The van der Waals surface area contributed by atoms with Crippen molar-refractivity contribution in [2.45, 2.75) is 26.8 Å². The summed E-state index contributed by atoms with van der Waals surface area (Å²) in [5.74, 6) is 0.961. The number of carbonyl (C=O) groups excluding carboxylic acids is 1. The van der Waals surface area contributed by atoms with Gasteiger partial charge in [0.05, 0.1) is 14.2 Å². The molecule has 0 radical (unpaired) electrons. The Morgan fingerprint density at radius 3 is 2.60 bits per heavy atom. The molecule has 2 aromatic carbocycles. The monoisotopic (exact) mass is 341 g/mol.